The van der Waals surface area contributed by atoms with Gasteiger partial charge < -0.3 is 4.42 Å². The largest absolute Gasteiger partial charge is 0.455 e. The molecule has 0 atom stereocenters. The van der Waals surface area contributed by atoms with E-state index in [-0.39, 0.29) is 5.82 Å². The molecule has 0 unspecified atom stereocenters. The number of nitrogens with zero attached hydrogens (tertiary/aromatic N) is 1. The lowest BCUT2D eigenvalue weighted by Crippen LogP contribution is -2.43. The van der Waals surface area contributed by atoms with Crippen molar-refractivity contribution >= 4 is 46.1 Å². The maximum absolute atomic E-state index is 14.4. The third-order valence-corrected chi connectivity index (χ3v) is 9.71. The molecular weight excluding hydrogens is 449 g/mol. The van der Waals surface area contributed by atoms with Crippen LogP contribution in [0.4, 0.5) is 4.39 Å². The third kappa shape index (κ3) is 3.61. The Morgan fingerprint density at radius 3 is 2.20 bits per heavy atom. The Balaban J connectivity index is 1.95. The number of rotatable bonds is 3. The van der Waals surface area contributed by atoms with Gasteiger partial charge in [-0.25, -0.2) is 4.39 Å². The number of fused-ring (bicyclic) bond motifs is 4. The molecule has 0 aliphatic carbocycles. The van der Waals surface area contributed by atoms with Crippen LogP contribution in [0, 0.1) is 26.6 Å². The van der Waals surface area contributed by atoms with Crippen molar-refractivity contribution in [3.63, 3.8) is 0 Å². The maximum Gasteiger partial charge on any atom is 0.216 e. The number of aryl methyl sites for hydroxylation is 3. The molecule has 0 aliphatic rings. The minimum atomic E-state index is -1.68. The van der Waals surface area contributed by atoms with Gasteiger partial charge in [0.15, 0.2) is 0 Å². The van der Waals surface area contributed by atoms with Gasteiger partial charge in [0.05, 0.1) is 13.6 Å². The number of benzene rings is 3. The first-order chi connectivity index (χ1) is 16.4. The Bertz CT molecular complexity index is 1650. The summed E-state index contributed by atoms with van der Waals surface area (Å²) in [6.45, 7) is 17.9. The molecule has 0 bridgehead atoms. The van der Waals surface area contributed by atoms with Gasteiger partial charge in [-0.3, -0.25) is 0 Å². The number of hydrogen-bond acceptors (Lipinski definition) is 1. The normalized spacial score (nSPS) is 12.5. The highest BCUT2D eigenvalue weighted by atomic mass is 28.3. The van der Waals surface area contributed by atoms with E-state index in [0.29, 0.717) is 17.1 Å². The second kappa shape index (κ2) is 8.02. The van der Waals surface area contributed by atoms with E-state index in [1.165, 1.54) is 32.8 Å². The first kappa shape index (κ1) is 23.7. The first-order valence-corrected chi connectivity index (χ1v) is 16.0. The van der Waals surface area contributed by atoms with Crippen LogP contribution in [-0.2, 0) is 7.05 Å². The Hall–Kier alpha value is -2.98. The molecule has 0 saturated heterocycles. The van der Waals surface area contributed by atoms with Crippen molar-refractivity contribution in [3.05, 3.63) is 70.5 Å². The molecule has 2 aromatic heterocycles. The van der Waals surface area contributed by atoms with Crippen molar-refractivity contribution in [2.75, 3.05) is 0 Å². The van der Waals surface area contributed by atoms with Crippen molar-refractivity contribution < 1.29 is 13.4 Å². The summed E-state index contributed by atoms with van der Waals surface area (Å²) in [5, 5.41) is 4.82. The lowest BCUT2D eigenvalue weighted by molar-refractivity contribution is -0.633. The zero-order valence-electron chi connectivity index (χ0n) is 22.4. The second-order valence-electron chi connectivity index (χ2n) is 11.4. The second-order valence-corrected chi connectivity index (χ2v) is 16.4. The number of pyridine rings is 1. The van der Waals surface area contributed by atoms with E-state index in [0.717, 1.165) is 27.6 Å². The quantitative estimate of drug-likeness (QED) is 0.187. The van der Waals surface area contributed by atoms with Gasteiger partial charge in [0.2, 0.25) is 11.2 Å². The van der Waals surface area contributed by atoms with E-state index in [1.54, 1.807) is 13.0 Å². The van der Waals surface area contributed by atoms with E-state index in [4.69, 9.17) is 4.42 Å². The highest BCUT2D eigenvalue weighted by molar-refractivity contribution is 6.90. The standard InChI is InChI=1S/C31H35FNOSi/c1-17(2)21-10-13-26-24(15-21)28(35(7,8)9)16-27(33(26)6)29-19(4)18(3)14-23-22-11-12-25(32)20(5)30(22)34-31(23)29/h10-17H,1-9H3/q+1. The first-order valence-electron chi connectivity index (χ1n) is 12.5. The summed E-state index contributed by atoms with van der Waals surface area (Å²) >= 11 is 0. The van der Waals surface area contributed by atoms with E-state index >= 15 is 0 Å². The Labute approximate surface area is 208 Å². The molecular formula is C31H35FNOSi+. The SMILES string of the molecule is Cc1cc2c(oc3c(C)c(F)ccc32)c(-c2cc([Si](C)(C)C)c3cc(C(C)C)ccc3[n+]2C)c1C. The fraction of sp³-hybridized carbons (Fsp3) is 0.323. The zero-order chi connectivity index (χ0) is 25.4. The molecule has 4 heteroatoms. The van der Waals surface area contributed by atoms with Crippen LogP contribution in [0.5, 0.6) is 0 Å². The molecule has 0 radical (unpaired) electrons. The summed E-state index contributed by atoms with van der Waals surface area (Å²) in [6, 6.07) is 14.9. The van der Waals surface area contributed by atoms with Crippen molar-refractivity contribution in [1.82, 2.24) is 0 Å². The van der Waals surface area contributed by atoms with E-state index in [2.05, 4.69) is 89.3 Å². The van der Waals surface area contributed by atoms with Crippen LogP contribution in [-0.4, -0.2) is 8.07 Å². The monoisotopic (exact) mass is 484 g/mol. The Morgan fingerprint density at radius 2 is 1.54 bits per heavy atom. The molecule has 5 aromatic rings. The van der Waals surface area contributed by atoms with Gasteiger partial charge >= 0.3 is 0 Å². The maximum atomic E-state index is 14.4. The van der Waals surface area contributed by atoms with E-state index in [9.17, 15) is 4.39 Å². The van der Waals surface area contributed by atoms with Gasteiger partial charge in [-0.05, 0) is 72.8 Å². The zero-order valence-corrected chi connectivity index (χ0v) is 23.4. The highest BCUT2D eigenvalue weighted by Crippen LogP contribution is 2.40. The summed E-state index contributed by atoms with van der Waals surface area (Å²) < 4.78 is 23.2. The fourth-order valence-electron chi connectivity index (χ4n) is 5.34. The molecule has 0 aliphatic heterocycles. The molecule has 180 valence electrons. The van der Waals surface area contributed by atoms with Crippen LogP contribution in [0.3, 0.4) is 0 Å². The number of hydrogen-bond donors (Lipinski definition) is 0. The third-order valence-electron chi connectivity index (χ3n) is 7.68. The van der Waals surface area contributed by atoms with Crippen LogP contribution in [0.2, 0.25) is 19.6 Å². The lowest BCUT2D eigenvalue weighted by Gasteiger charge is -2.21. The van der Waals surface area contributed by atoms with Gasteiger partial charge in [0.1, 0.15) is 24.0 Å². The molecule has 5 rings (SSSR count). The summed E-state index contributed by atoms with van der Waals surface area (Å²) in [5.41, 5.74) is 9.31. The van der Waals surface area contributed by atoms with Gasteiger partial charge in [-0.1, -0.05) is 39.6 Å². The van der Waals surface area contributed by atoms with Gasteiger partial charge in [-0.15, -0.1) is 0 Å². The smallest absolute Gasteiger partial charge is 0.216 e. The number of halogens is 1. The molecule has 0 N–H and O–H groups in total. The molecule has 2 heterocycles. The molecule has 0 saturated carbocycles. The summed E-state index contributed by atoms with van der Waals surface area (Å²) in [6.07, 6.45) is 0. The van der Waals surface area contributed by atoms with E-state index < -0.39 is 8.07 Å². The van der Waals surface area contributed by atoms with Crippen molar-refractivity contribution in [3.8, 4) is 11.3 Å². The van der Waals surface area contributed by atoms with Crippen LogP contribution >= 0.6 is 0 Å². The highest BCUT2D eigenvalue weighted by Gasteiger charge is 2.30. The molecule has 0 spiro atoms. The fourth-order valence-corrected chi connectivity index (χ4v) is 6.92. The summed E-state index contributed by atoms with van der Waals surface area (Å²) in [5.74, 6) is 0.251. The van der Waals surface area contributed by atoms with Crippen LogP contribution < -0.4 is 9.75 Å². The minimum Gasteiger partial charge on any atom is -0.455 e. The van der Waals surface area contributed by atoms with Crippen molar-refractivity contribution in [2.45, 2.75) is 60.2 Å². The van der Waals surface area contributed by atoms with Crippen LogP contribution in [0.25, 0.3) is 44.1 Å². The predicted molar refractivity (Wildman–Crippen MR) is 149 cm³/mol. The molecule has 35 heavy (non-hydrogen) atoms. The summed E-state index contributed by atoms with van der Waals surface area (Å²) in [7, 11) is 0.472. The lowest BCUT2D eigenvalue weighted by atomic mass is 9.95. The van der Waals surface area contributed by atoms with Gasteiger partial charge in [0, 0.05) is 33.9 Å². The van der Waals surface area contributed by atoms with Gasteiger partial charge in [-0.2, -0.15) is 4.57 Å². The van der Waals surface area contributed by atoms with Gasteiger partial charge in [0.25, 0.3) is 0 Å². The topological polar surface area (TPSA) is 17.0 Å². The van der Waals surface area contributed by atoms with Crippen LogP contribution in [0.1, 0.15) is 42.0 Å². The Kier molecular flexibility index (Phi) is 5.44. The average Bonchev–Trinajstić information content (AvgIpc) is 3.15. The molecule has 0 fully saturated rings. The predicted octanol–water partition coefficient (Wildman–Crippen LogP) is 7.96. The average molecular weight is 485 g/mol. The van der Waals surface area contributed by atoms with Crippen LogP contribution in [0.15, 0.2) is 46.9 Å². The Morgan fingerprint density at radius 1 is 0.829 bits per heavy atom. The number of furan rings is 1. The van der Waals surface area contributed by atoms with Crippen molar-refractivity contribution in [1.29, 1.82) is 0 Å². The molecule has 3 aromatic carbocycles. The summed E-state index contributed by atoms with van der Waals surface area (Å²) in [4.78, 5) is 0. The van der Waals surface area contributed by atoms with Crippen molar-refractivity contribution in [2.24, 2.45) is 7.05 Å². The minimum absolute atomic E-state index is 0.232. The molecule has 0 amide bonds. The number of aromatic nitrogens is 1. The molecule has 2 nitrogen and oxygen atoms in total. The van der Waals surface area contributed by atoms with E-state index in [1.807, 2.05) is 6.07 Å².